The van der Waals surface area contributed by atoms with E-state index in [-0.39, 0.29) is 24.8 Å². The molecule has 0 fully saturated rings. The fraction of sp³-hybridized carbons (Fsp3) is 0.346. The highest BCUT2D eigenvalue weighted by molar-refractivity contribution is 5.97. The van der Waals surface area contributed by atoms with Crippen molar-refractivity contribution in [1.82, 2.24) is 15.6 Å². The zero-order chi connectivity index (χ0) is 24.1. The lowest BCUT2D eigenvalue weighted by Crippen LogP contribution is -2.56. The lowest BCUT2D eigenvalue weighted by Gasteiger charge is -2.29. The van der Waals surface area contributed by atoms with Gasteiger partial charge in [0, 0.05) is 5.39 Å². The average Bonchev–Trinajstić information content (AvgIpc) is 2.83. The highest BCUT2D eigenvalue weighted by atomic mass is 16.5. The number of pyridine rings is 1. The number of hydrogen-bond acceptors (Lipinski definition) is 6. The second kappa shape index (κ2) is 10.5. The van der Waals surface area contributed by atoms with Crippen LogP contribution in [0.1, 0.15) is 30.8 Å². The van der Waals surface area contributed by atoms with Gasteiger partial charge in [0.1, 0.15) is 31.1 Å². The number of aromatic nitrogens is 1. The van der Waals surface area contributed by atoms with Crippen LogP contribution in [-0.4, -0.2) is 53.3 Å². The van der Waals surface area contributed by atoms with Crippen molar-refractivity contribution >= 4 is 22.7 Å². The summed E-state index contributed by atoms with van der Waals surface area (Å²) in [6.45, 7) is 4.02. The molecule has 2 amide bonds. The Morgan fingerprint density at radius 3 is 2.41 bits per heavy atom. The number of nitrogens with one attached hydrogen (secondary N) is 2. The first-order chi connectivity index (χ1) is 16.4. The van der Waals surface area contributed by atoms with E-state index < -0.39 is 30.0 Å². The molecule has 0 radical (unpaired) electrons. The van der Waals surface area contributed by atoms with Crippen molar-refractivity contribution in [3.63, 3.8) is 0 Å². The predicted octanol–water partition coefficient (Wildman–Crippen LogP) is 2.70. The van der Waals surface area contributed by atoms with E-state index in [2.05, 4.69) is 15.6 Å². The van der Waals surface area contributed by atoms with Crippen molar-refractivity contribution in [2.24, 2.45) is 5.92 Å². The third kappa shape index (κ3) is 5.63. The molecule has 1 aliphatic heterocycles. The van der Waals surface area contributed by atoms with Crippen molar-refractivity contribution < 1.29 is 24.2 Å². The number of para-hydroxylation sites is 3. The fourth-order valence-corrected chi connectivity index (χ4v) is 3.82. The molecule has 3 N–H and O–H groups in total. The van der Waals surface area contributed by atoms with Crippen LogP contribution in [0.4, 0.5) is 0 Å². The molecule has 2 aromatic carbocycles. The molecule has 0 bridgehead atoms. The Morgan fingerprint density at radius 1 is 1.00 bits per heavy atom. The van der Waals surface area contributed by atoms with Gasteiger partial charge in [-0.05, 0) is 36.6 Å². The van der Waals surface area contributed by atoms with Gasteiger partial charge in [-0.2, -0.15) is 0 Å². The molecule has 4 rings (SSSR count). The van der Waals surface area contributed by atoms with Gasteiger partial charge in [0.05, 0.1) is 11.6 Å². The molecular weight excluding hydrogens is 434 g/mol. The maximum Gasteiger partial charge on any atom is 0.270 e. The number of hydrogen-bond donors (Lipinski definition) is 3. The number of amides is 2. The molecule has 2 heterocycles. The van der Waals surface area contributed by atoms with Gasteiger partial charge in [-0.15, -0.1) is 0 Å². The highest BCUT2D eigenvalue weighted by Gasteiger charge is 2.30. The number of rotatable bonds is 6. The Kier molecular flexibility index (Phi) is 7.27. The summed E-state index contributed by atoms with van der Waals surface area (Å²) in [5.41, 5.74) is 0.940. The van der Waals surface area contributed by atoms with E-state index in [1.807, 2.05) is 56.3 Å². The van der Waals surface area contributed by atoms with E-state index in [9.17, 15) is 14.7 Å². The molecule has 0 saturated heterocycles. The third-order valence-corrected chi connectivity index (χ3v) is 5.63. The van der Waals surface area contributed by atoms with Gasteiger partial charge in [-0.25, -0.2) is 4.98 Å². The number of ether oxygens (including phenoxy) is 2. The van der Waals surface area contributed by atoms with Gasteiger partial charge in [0.25, 0.3) is 5.91 Å². The summed E-state index contributed by atoms with van der Waals surface area (Å²) in [6, 6.07) is 16.7. The van der Waals surface area contributed by atoms with Crippen molar-refractivity contribution in [3.05, 3.63) is 66.4 Å². The number of aliphatic hydroxyl groups excluding tert-OH is 1. The van der Waals surface area contributed by atoms with E-state index in [0.29, 0.717) is 23.4 Å². The molecule has 8 nitrogen and oxygen atoms in total. The SMILES string of the molecule is CC(C)C[C@H](NC(=O)c1ccc2ccccc2n1)C(=O)N[C@H]1COc2ccccc2OC[C@@H]1O. The first kappa shape index (κ1) is 23.5. The van der Waals surface area contributed by atoms with Gasteiger partial charge in [-0.1, -0.05) is 50.2 Å². The molecule has 0 aliphatic carbocycles. The number of aliphatic hydroxyl groups is 1. The molecule has 3 atom stereocenters. The third-order valence-electron chi connectivity index (χ3n) is 5.63. The van der Waals surface area contributed by atoms with Crippen LogP contribution in [0.15, 0.2) is 60.7 Å². The van der Waals surface area contributed by atoms with Crippen LogP contribution in [0.2, 0.25) is 0 Å². The first-order valence-electron chi connectivity index (χ1n) is 11.4. The Hall–Kier alpha value is -3.65. The fourth-order valence-electron chi connectivity index (χ4n) is 3.82. The Labute approximate surface area is 198 Å². The average molecular weight is 464 g/mol. The number of benzene rings is 2. The maximum absolute atomic E-state index is 13.2. The molecule has 3 aromatic rings. The quantitative estimate of drug-likeness (QED) is 0.519. The van der Waals surface area contributed by atoms with Gasteiger partial charge in [-0.3, -0.25) is 9.59 Å². The number of nitrogens with zero attached hydrogens (tertiary/aromatic N) is 1. The van der Waals surface area contributed by atoms with Crippen LogP contribution in [0, 0.1) is 5.92 Å². The van der Waals surface area contributed by atoms with Gasteiger partial charge >= 0.3 is 0 Å². The lowest BCUT2D eigenvalue weighted by molar-refractivity contribution is -0.125. The maximum atomic E-state index is 13.2. The topological polar surface area (TPSA) is 110 Å². The van der Waals surface area contributed by atoms with E-state index in [4.69, 9.17) is 9.47 Å². The monoisotopic (exact) mass is 463 g/mol. The Morgan fingerprint density at radius 2 is 1.68 bits per heavy atom. The lowest BCUT2D eigenvalue weighted by atomic mass is 10.0. The molecule has 178 valence electrons. The van der Waals surface area contributed by atoms with E-state index in [1.165, 1.54) is 0 Å². The number of carbonyl (C=O) groups is 2. The summed E-state index contributed by atoms with van der Waals surface area (Å²) >= 11 is 0. The van der Waals surface area contributed by atoms with Gasteiger partial charge < -0.3 is 25.2 Å². The van der Waals surface area contributed by atoms with Crippen molar-refractivity contribution in [2.45, 2.75) is 38.5 Å². The first-order valence-corrected chi connectivity index (χ1v) is 11.4. The smallest absolute Gasteiger partial charge is 0.270 e. The molecular formula is C26H29N3O5. The predicted molar refractivity (Wildman–Crippen MR) is 128 cm³/mol. The van der Waals surface area contributed by atoms with Crippen molar-refractivity contribution in [2.75, 3.05) is 13.2 Å². The zero-order valence-corrected chi connectivity index (χ0v) is 19.2. The van der Waals surface area contributed by atoms with Crippen LogP contribution in [0.25, 0.3) is 10.9 Å². The summed E-state index contributed by atoms with van der Waals surface area (Å²) < 4.78 is 11.4. The summed E-state index contributed by atoms with van der Waals surface area (Å²) in [5, 5.41) is 17.1. The molecule has 1 aromatic heterocycles. The Bertz CT molecular complexity index is 1170. The Balaban J connectivity index is 1.45. The normalized spacial score (nSPS) is 18.6. The van der Waals surface area contributed by atoms with E-state index in [1.54, 1.807) is 18.2 Å². The standard InChI is InChI=1S/C26H29N3O5/c1-16(2)13-20(28-25(31)19-12-11-17-7-3-4-8-18(17)27-19)26(32)29-21-14-33-23-9-5-6-10-24(23)34-15-22(21)30/h3-12,16,20-22,30H,13-15H2,1-2H3,(H,28,31)(H,29,32)/t20-,21-,22-/m0/s1. The molecule has 0 spiro atoms. The minimum atomic E-state index is -0.977. The largest absolute Gasteiger partial charge is 0.487 e. The minimum absolute atomic E-state index is 0.00748. The summed E-state index contributed by atoms with van der Waals surface area (Å²) in [7, 11) is 0. The molecule has 8 heteroatoms. The van der Waals surface area contributed by atoms with Gasteiger partial charge in [0.15, 0.2) is 11.5 Å². The summed E-state index contributed by atoms with van der Waals surface area (Å²) in [6.07, 6.45) is -0.552. The van der Waals surface area contributed by atoms with Crippen LogP contribution < -0.4 is 20.1 Å². The van der Waals surface area contributed by atoms with Crippen molar-refractivity contribution in [1.29, 1.82) is 0 Å². The number of fused-ring (bicyclic) bond motifs is 2. The minimum Gasteiger partial charge on any atom is -0.487 e. The van der Waals surface area contributed by atoms with E-state index >= 15 is 0 Å². The molecule has 0 saturated carbocycles. The second-order valence-corrected chi connectivity index (χ2v) is 8.80. The summed E-state index contributed by atoms with van der Waals surface area (Å²) in [5.74, 6) is 0.402. The number of carbonyl (C=O) groups excluding carboxylic acids is 2. The highest BCUT2D eigenvalue weighted by Crippen LogP contribution is 2.28. The van der Waals surface area contributed by atoms with Crippen molar-refractivity contribution in [3.8, 4) is 11.5 Å². The van der Waals surface area contributed by atoms with Gasteiger partial charge in [0.2, 0.25) is 5.91 Å². The molecule has 0 unspecified atom stereocenters. The van der Waals surface area contributed by atoms with E-state index in [0.717, 1.165) is 5.39 Å². The molecule has 1 aliphatic rings. The summed E-state index contributed by atoms with van der Waals surface area (Å²) in [4.78, 5) is 30.5. The molecule has 34 heavy (non-hydrogen) atoms. The zero-order valence-electron chi connectivity index (χ0n) is 19.2. The van der Waals surface area contributed by atoms with Crippen LogP contribution in [0.5, 0.6) is 11.5 Å². The van der Waals surface area contributed by atoms with Crippen LogP contribution in [-0.2, 0) is 4.79 Å². The van der Waals surface area contributed by atoms with Crippen LogP contribution >= 0.6 is 0 Å². The van der Waals surface area contributed by atoms with Crippen LogP contribution in [0.3, 0.4) is 0 Å². The second-order valence-electron chi connectivity index (χ2n) is 8.80.